The van der Waals surface area contributed by atoms with Crippen molar-refractivity contribution in [2.24, 2.45) is 17.8 Å². The van der Waals surface area contributed by atoms with Crippen LogP contribution in [0.3, 0.4) is 0 Å². The van der Waals surface area contributed by atoms with Crippen LogP contribution in [-0.2, 0) is 11.3 Å². The van der Waals surface area contributed by atoms with Crippen molar-refractivity contribution < 1.29 is 14.7 Å². The third-order valence-corrected chi connectivity index (χ3v) is 5.08. The third kappa shape index (κ3) is 3.45. The van der Waals surface area contributed by atoms with Crippen LogP contribution in [0.15, 0.2) is 6.07 Å². The van der Waals surface area contributed by atoms with E-state index >= 15 is 0 Å². The highest BCUT2D eigenvalue weighted by Gasteiger charge is 2.47. The van der Waals surface area contributed by atoms with Crippen molar-refractivity contribution >= 4 is 11.9 Å². The number of nitrogens with zero attached hydrogens (tertiary/aromatic N) is 4. The summed E-state index contributed by atoms with van der Waals surface area (Å²) in [5.74, 6) is -0.723. The zero-order chi connectivity index (χ0) is 17.4. The van der Waals surface area contributed by atoms with Crippen molar-refractivity contribution in [2.75, 3.05) is 33.7 Å². The number of carbonyl (C=O) groups is 2. The Labute approximate surface area is 142 Å². The van der Waals surface area contributed by atoms with Crippen LogP contribution in [0.2, 0.25) is 0 Å². The van der Waals surface area contributed by atoms with E-state index in [1.807, 2.05) is 25.9 Å². The van der Waals surface area contributed by atoms with Crippen LogP contribution in [0.4, 0.5) is 0 Å². The Balaban J connectivity index is 1.75. The molecule has 2 fully saturated rings. The minimum Gasteiger partial charge on any atom is -0.481 e. The van der Waals surface area contributed by atoms with Gasteiger partial charge in [-0.3, -0.25) is 14.3 Å². The van der Waals surface area contributed by atoms with Gasteiger partial charge in [-0.1, -0.05) is 0 Å². The second-order valence-electron chi connectivity index (χ2n) is 7.35. The van der Waals surface area contributed by atoms with Gasteiger partial charge < -0.3 is 14.9 Å². The summed E-state index contributed by atoms with van der Waals surface area (Å²) in [5.41, 5.74) is 1.37. The van der Waals surface area contributed by atoms with Crippen molar-refractivity contribution in [3.05, 3.63) is 17.5 Å². The molecule has 0 bridgehead atoms. The van der Waals surface area contributed by atoms with Gasteiger partial charge in [0.25, 0.3) is 5.91 Å². The first-order valence-corrected chi connectivity index (χ1v) is 8.58. The fraction of sp³-hybridized carbons (Fsp3) is 0.706. The predicted molar refractivity (Wildman–Crippen MR) is 88.8 cm³/mol. The number of likely N-dealkylation sites (N-methyl/N-ethyl adjacent to an activating group) is 1. The number of hydrogen-bond donors (Lipinski definition) is 1. The molecule has 7 heteroatoms. The van der Waals surface area contributed by atoms with Crippen LogP contribution in [-0.4, -0.2) is 70.3 Å². The second kappa shape index (κ2) is 6.55. The lowest BCUT2D eigenvalue weighted by Gasteiger charge is -2.18. The van der Waals surface area contributed by atoms with Crippen LogP contribution in [0, 0.1) is 24.7 Å². The monoisotopic (exact) mass is 334 g/mol. The van der Waals surface area contributed by atoms with Crippen molar-refractivity contribution in [1.82, 2.24) is 19.6 Å². The standard InChI is InChI=1S/C17H26N4O3/c1-11-8-15(21(18-11)7-6-19(2)3)16(22)20-9-13(12-4-5-12)14(10-20)17(23)24/h8,12-14H,4-7,9-10H2,1-3H3,(H,23,24)/t13-,14+/m1/s1. The summed E-state index contributed by atoms with van der Waals surface area (Å²) in [6, 6.07) is 1.80. The van der Waals surface area contributed by atoms with Gasteiger partial charge >= 0.3 is 5.97 Å². The van der Waals surface area contributed by atoms with Gasteiger partial charge in [0.1, 0.15) is 5.69 Å². The van der Waals surface area contributed by atoms with E-state index in [-0.39, 0.29) is 11.8 Å². The quantitative estimate of drug-likeness (QED) is 0.837. The average Bonchev–Trinajstić information content (AvgIpc) is 3.14. The van der Waals surface area contributed by atoms with Crippen LogP contribution in [0.25, 0.3) is 0 Å². The maximum atomic E-state index is 12.9. The number of rotatable bonds is 6. The molecule has 1 aliphatic carbocycles. The van der Waals surface area contributed by atoms with E-state index in [1.165, 1.54) is 0 Å². The topological polar surface area (TPSA) is 78.7 Å². The molecular weight excluding hydrogens is 308 g/mol. The molecule has 1 aromatic heterocycles. The van der Waals surface area contributed by atoms with Gasteiger partial charge in [-0.25, -0.2) is 0 Å². The maximum Gasteiger partial charge on any atom is 0.308 e. The van der Waals surface area contributed by atoms with Crippen molar-refractivity contribution in [3.63, 3.8) is 0 Å². The second-order valence-corrected chi connectivity index (χ2v) is 7.35. The first-order chi connectivity index (χ1) is 11.4. The SMILES string of the molecule is Cc1cc(C(=O)N2C[C@H](C(=O)O)[C@@H](C3CC3)C2)n(CCN(C)C)n1. The summed E-state index contributed by atoms with van der Waals surface area (Å²) >= 11 is 0. The molecule has 1 saturated carbocycles. The van der Waals surface area contributed by atoms with E-state index < -0.39 is 11.9 Å². The van der Waals surface area contributed by atoms with Crippen molar-refractivity contribution in [3.8, 4) is 0 Å². The summed E-state index contributed by atoms with van der Waals surface area (Å²) in [4.78, 5) is 28.2. The van der Waals surface area contributed by atoms with Crippen LogP contribution >= 0.6 is 0 Å². The minimum absolute atomic E-state index is 0.0937. The Morgan fingerprint density at radius 1 is 1.33 bits per heavy atom. The Bertz CT molecular complexity index is 636. The van der Waals surface area contributed by atoms with Crippen LogP contribution < -0.4 is 0 Å². The zero-order valence-electron chi connectivity index (χ0n) is 14.6. The molecular formula is C17H26N4O3. The molecule has 2 heterocycles. The third-order valence-electron chi connectivity index (χ3n) is 5.08. The highest BCUT2D eigenvalue weighted by molar-refractivity contribution is 5.93. The van der Waals surface area contributed by atoms with Crippen LogP contribution in [0.1, 0.15) is 29.0 Å². The molecule has 7 nitrogen and oxygen atoms in total. The number of aliphatic carboxylic acids is 1. The molecule has 1 aromatic rings. The minimum atomic E-state index is -0.778. The number of hydrogen-bond acceptors (Lipinski definition) is 4. The molecule has 24 heavy (non-hydrogen) atoms. The molecule has 1 N–H and O–H groups in total. The summed E-state index contributed by atoms with van der Waals surface area (Å²) in [5, 5.41) is 13.9. The lowest BCUT2D eigenvalue weighted by Crippen LogP contribution is -2.32. The van der Waals surface area contributed by atoms with Gasteiger partial charge in [-0.05, 0) is 51.8 Å². The summed E-state index contributed by atoms with van der Waals surface area (Å²) in [6.07, 6.45) is 2.19. The Morgan fingerprint density at radius 2 is 2.04 bits per heavy atom. The maximum absolute atomic E-state index is 12.9. The Hall–Kier alpha value is -1.89. The zero-order valence-corrected chi connectivity index (χ0v) is 14.6. The summed E-state index contributed by atoms with van der Waals surface area (Å²) in [6.45, 7) is 4.18. The lowest BCUT2D eigenvalue weighted by molar-refractivity contribution is -0.142. The lowest BCUT2D eigenvalue weighted by atomic mass is 9.92. The first kappa shape index (κ1) is 17.0. The summed E-state index contributed by atoms with van der Waals surface area (Å²) in [7, 11) is 3.96. The molecule has 0 aromatic carbocycles. The van der Waals surface area contributed by atoms with Crippen molar-refractivity contribution in [2.45, 2.75) is 26.3 Å². The number of aromatic nitrogens is 2. The van der Waals surface area contributed by atoms with Crippen LogP contribution in [0.5, 0.6) is 0 Å². The number of likely N-dealkylation sites (tertiary alicyclic amines) is 1. The van der Waals surface area contributed by atoms with Gasteiger partial charge in [0, 0.05) is 19.6 Å². The molecule has 2 aliphatic rings. The van der Waals surface area contributed by atoms with Gasteiger partial charge in [0.2, 0.25) is 0 Å². The summed E-state index contributed by atoms with van der Waals surface area (Å²) < 4.78 is 1.75. The van der Waals surface area contributed by atoms with E-state index in [4.69, 9.17) is 0 Å². The molecule has 0 spiro atoms. The molecule has 132 valence electrons. The van der Waals surface area contributed by atoms with Gasteiger partial charge in [-0.15, -0.1) is 0 Å². The first-order valence-electron chi connectivity index (χ1n) is 8.58. The average molecular weight is 334 g/mol. The number of carboxylic acids is 1. The van der Waals surface area contributed by atoms with E-state index in [0.29, 0.717) is 31.2 Å². The highest BCUT2D eigenvalue weighted by atomic mass is 16.4. The Morgan fingerprint density at radius 3 is 2.62 bits per heavy atom. The molecule has 1 amide bonds. The molecule has 2 atom stereocenters. The van der Waals surface area contributed by atoms with E-state index in [2.05, 4.69) is 5.10 Å². The fourth-order valence-electron chi connectivity index (χ4n) is 3.60. The smallest absolute Gasteiger partial charge is 0.308 e. The van der Waals surface area contributed by atoms with E-state index in [9.17, 15) is 14.7 Å². The van der Waals surface area contributed by atoms with E-state index in [0.717, 1.165) is 25.1 Å². The molecule has 1 aliphatic heterocycles. The van der Waals surface area contributed by atoms with Gasteiger partial charge in [0.05, 0.1) is 18.2 Å². The number of aryl methyl sites for hydroxylation is 1. The molecule has 0 unspecified atom stereocenters. The number of carbonyl (C=O) groups excluding carboxylic acids is 1. The molecule has 0 radical (unpaired) electrons. The number of carboxylic acid groups (broad SMARTS) is 1. The fourth-order valence-corrected chi connectivity index (χ4v) is 3.60. The molecule has 3 rings (SSSR count). The Kier molecular flexibility index (Phi) is 4.62. The highest BCUT2D eigenvalue weighted by Crippen LogP contribution is 2.44. The predicted octanol–water partition coefficient (Wildman–Crippen LogP) is 0.936. The number of amides is 1. The largest absolute Gasteiger partial charge is 0.481 e. The molecule has 1 saturated heterocycles. The normalized spacial score (nSPS) is 23.9. The van der Waals surface area contributed by atoms with Crippen molar-refractivity contribution in [1.29, 1.82) is 0 Å². The van der Waals surface area contributed by atoms with E-state index in [1.54, 1.807) is 15.6 Å². The van der Waals surface area contributed by atoms with Gasteiger partial charge in [0.15, 0.2) is 0 Å². The van der Waals surface area contributed by atoms with Gasteiger partial charge in [-0.2, -0.15) is 5.10 Å².